The van der Waals surface area contributed by atoms with Gasteiger partial charge in [-0.1, -0.05) is 12.1 Å². The van der Waals surface area contributed by atoms with E-state index in [1.165, 1.54) is 0 Å². The lowest BCUT2D eigenvalue weighted by molar-refractivity contribution is -0.124. The van der Waals surface area contributed by atoms with Crippen LogP contribution in [0.25, 0.3) is 0 Å². The molecule has 0 aliphatic carbocycles. The Bertz CT molecular complexity index is 521. The van der Waals surface area contributed by atoms with Crippen LogP contribution in [0.5, 0.6) is 0 Å². The average Bonchev–Trinajstić information content (AvgIpc) is 2.99. The summed E-state index contributed by atoms with van der Waals surface area (Å²) in [5.41, 5.74) is 2.40. The predicted octanol–water partition coefficient (Wildman–Crippen LogP) is 1.76. The van der Waals surface area contributed by atoms with Crippen LogP contribution in [0.3, 0.4) is 0 Å². The molecule has 1 atom stereocenters. The smallest absolute Gasteiger partial charge is 0.338 e. The second-order valence-electron chi connectivity index (χ2n) is 5.26. The van der Waals surface area contributed by atoms with Gasteiger partial charge in [-0.05, 0) is 43.9 Å². The van der Waals surface area contributed by atoms with E-state index in [0.717, 1.165) is 30.6 Å². The Kier molecular flexibility index (Phi) is 5.33. The number of nitrogens with one attached hydrogen (secondary N) is 1. The first-order valence-corrected chi connectivity index (χ1v) is 7.19. The SMILES string of the molecule is Cc1cccc(C(=O)OCC(=O)NC[C@@H]2CCCO2)c1C. The highest BCUT2D eigenvalue weighted by Gasteiger charge is 2.17. The Morgan fingerprint density at radius 2 is 2.19 bits per heavy atom. The van der Waals surface area contributed by atoms with Crippen molar-refractivity contribution in [3.05, 3.63) is 34.9 Å². The molecular weight excluding hydrogens is 270 g/mol. The number of rotatable bonds is 5. The Hall–Kier alpha value is -1.88. The normalized spacial score (nSPS) is 17.5. The molecule has 0 radical (unpaired) electrons. The van der Waals surface area contributed by atoms with Gasteiger partial charge in [0, 0.05) is 13.2 Å². The number of carbonyl (C=O) groups excluding carboxylic acids is 2. The van der Waals surface area contributed by atoms with Gasteiger partial charge in [-0.15, -0.1) is 0 Å². The Labute approximate surface area is 124 Å². The van der Waals surface area contributed by atoms with Crippen molar-refractivity contribution in [2.45, 2.75) is 32.8 Å². The van der Waals surface area contributed by atoms with Gasteiger partial charge in [0.1, 0.15) is 0 Å². The molecule has 0 saturated carbocycles. The third kappa shape index (κ3) is 4.29. The largest absolute Gasteiger partial charge is 0.452 e. The fraction of sp³-hybridized carbons (Fsp3) is 0.500. The van der Waals surface area contributed by atoms with Gasteiger partial charge in [0.05, 0.1) is 11.7 Å². The first kappa shape index (κ1) is 15.5. The van der Waals surface area contributed by atoms with Gasteiger partial charge in [0.25, 0.3) is 5.91 Å². The number of benzene rings is 1. The standard InChI is InChI=1S/C16H21NO4/c1-11-5-3-7-14(12(11)2)16(19)21-10-15(18)17-9-13-6-4-8-20-13/h3,5,7,13H,4,6,8-10H2,1-2H3,(H,17,18)/t13-/m0/s1. The summed E-state index contributed by atoms with van der Waals surface area (Å²) in [6.07, 6.45) is 2.08. The minimum atomic E-state index is -0.469. The van der Waals surface area contributed by atoms with Crippen LogP contribution in [-0.4, -0.2) is 37.7 Å². The molecule has 1 N–H and O–H groups in total. The van der Waals surface area contributed by atoms with Crippen LogP contribution in [0, 0.1) is 13.8 Å². The van der Waals surface area contributed by atoms with Gasteiger partial charge >= 0.3 is 5.97 Å². The maximum absolute atomic E-state index is 12.0. The van der Waals surface area contributed by atoms with E-state index in [1.54, 1.807) is 12.1 Å². The van der Waals surface area contributed by atoms with Crippen molar-refractivity contribution in [1.29, 1.82) is 0 Å². The molecule has 1 fully saturated rings. The summed E-state index contributed by atoms with van der Waals surface area (Å²) in [4.78, 5) is 23.6. The van der Waals surface area contributed by atoms with Crippen molar-refractivity contribution >= 4 is 11.9 Å². The molecule has 1 aliphatic heterocycles. The maximum atomic E-state index is 12.0. The van der Waals surface area contributed by atoms with Gasteiger partial charge in [-0.3, -0.25) is 4.79 Å². The third-order valence-corrected chi connectivity index (χ3v) is 3.71. The van der Waals surface area contributed by atoms with E-state index in [4.69, 9.17) is 9.47 Å². The van der Waals surface area contributed by atoms with Crippen molar-refractivity contribution in [3.63, 3.8) is 0 Å². The molecule has 5 heteroatoms. The summed E-state index contributed by atoms with van der Waals surface area (Å²) in [6.45, 7) is 4.75. The second kappa shape index (κ2) is 7.22. The number of aryl methyl sites for hydroxylation is 1. The highest BCUT2D eigenvalue weighted by Crippen LogP contribution is 2.13. The van der Waals surface area contributed by atoms with Crippen LogP contribution >= 0.6 is 0 Å². The van der Waals surface area contributed by atoms with Gasteiger partial charge in [0.2, 0.25) is 0 Å². The predicted molar refractivity (Wildman–Crippen MR) is 78.2 cm³/mol. The van der Waals surface area contributed by atoms with E-state index < -0.39 is 5.97 Å². The van der Waals surface area contributed by atoms with Gasteiger partial charge in [-0.2, -0.15) is 0 Å². The first-order chi connectivity index (χ1) is 10.1. The van der Waals surface area contributed by atoms with E-state index in [2.05, 4.69) is 5.32 Å². The van der Waals surface area contributed by atoms with Crippen LogP contribution in [0.15, 0.2) is 18.2 Å². The molecule has 1 aromatic carbocycles. The van der Waals surface area contributed by atoms with Crippen LogP contribution < -0.4 is 5.32 Å². The zero-order chi connectivity index (χ0) is 15.2. The monoisotopic (exact) mass is 291 g/mol. The highest BCUT2D eigenvalue weighted by atomic mass is 16.5. The molecule has 0 aromatic heterocycles. The van der Waals surface area contributed by atoms with E-state index in [0.29, 0.717) is 12.1 Å². The molecule has 1 heterocycles. The van der Waals surface area contributed by atoms with E-state index in [1.807, 2.05) is 19.9 Å². The lowest BCUT2D eigenvalue weighted by Gasteiger charge is -2.11. The Morgan fingerprint density at radius 3 is 2.90 bits per heavy atom. The molecule has 2 rings (SSSR count). The molecule has 5 nitrogen and oxygen atoms in total. The zero-order valence-electron chi connectivity index (χ0n) is 12.5. The molecule has 114 valence electrons. The summed E-state index contributed by atoms with van der Waals surface area (Å²) >= 11 is 0. The van der Waals surface area contributed by atoms with Crippen molar-refractivity contribution in [3.8, 4) is 0 Å². The Balaban J connectivity index is 1.77. The lowest BCUT2D eigenvalue weighted by atomic mass is 10.0. The molecular formula is C16H21NO4. The first-order valence-electron chi connectivity index (χ1n) is 7.19. The quantitative estimate of drug-likeness (QED) is 0.840. The number of carbonyl (C=O) groups is 2. The van der Waals surface area contributed by atoms with Gasteiger partial charge in [-0.25, -0.2) is 4.79 Å². The molecule has 21 heavy (non-hydrogen) atoms. The van der Waals surface area contributed by atoms with Gasteiger partial charge < -0.3 is 14.8 Å². The summed E-state index contributed by atoms with van der Waals surface area (Å²) < 4.78 is 10.5. The summed E-state index contributed by atoms with van der Waals surface area (Å²) in [6, 6.07) is 5.44. The molecule has 1 saturated heterocycles. The number of hydrogen-bond donors (Lipinski definition) is 1. The van der Waals surface area contributed by atoms with E-state index in [9.17, 15) is 9.59 Å². The third-order valence-electron chi connectivity index (χ3n) is 3.71. The molecule has 0 spiro atoms. The van der Waals surface area contributed by atoms with Crippen LogP contribution in [0.4, 0.5) is 0 Å². The van der Waals surface area contributed by atoms with Crippen molar-refractivity contribution in [2.24, 2.45) is 0 Å². The second-order valence-corrected chi connectivity index (χ2v) is 5.26. The summed E-state index contributed by atoms with van der Waals surface area (Å²) in [5, 5.41) is 2.72. The van der Waals surface area contributed by atoms with Crippen LogP contribution in [-0.2, 0) is 14.3 Å². The number of ether oxygens (including phenoxy) is 2. The van der Waals surface area contributed by atoms with Crippen LogP contribution in [0.2, 0.25) is 0 Å². The molecule has 1 amide bonds. The minimum absolute atomic E-state index is 0.0867. The van der Waals surface area contributed by atoms with Crippen molar-refractivity contribution in [2.75, 3.05) is 19.8 Å². The number of esters is 1. The lowest BCUT2D eigenvalue weighted by Crippen LogP contribution is -2.34. The van der Waals surface area contributed by atoms with Crippen LogP contribution in [0.1, 0.15) is 34.3 Å². The fourth-order valence-electron chi connectivity index (χ4n) is 2.27. The molecule has 1 aliphatic rings. The van der Waals surface area contributed by atoms with E-state index in [-0.39, 0.29) is 18.6 Å². The Morgan fingerprint density at radius 1 is 1.38 bits per heavy atom. The van der Waals surface area contributed by atoms with E-state index >= 15 is 0 Å². The number of hydrogen-bond acceptors (Lipinski definition) is 4. The molecule has 0 bridgehead atoms. The molecule has 0 unspecified atom stereocenters. The van der Waals surface area contributed by atoms with Crippen molar-refractivity contribution in [1.82, 2.24) is 5.32 Å². The minimum Gasteiger partial charge on any atom is -0.452 e. The molecule has 1 aromatic rings. The summed E-state index contributed by atoms with van der Waals surface area (Å²) in [7, 11) is 0. The number of amides is 1. The zero-order valence-corrected chi connectivity index (χ0v) is 12.5. The van der Waals surface area contributed by atoms with Crippen molar-refractivity contribution < 1.29 is 19.1 Å². The fourth-order valence-corrected chi connectivity index (χ4v) is 2.27. The van der Waals surface area contributed by atoms with Gasteiger partial charge in [0.15, 0.2) is 6.61 Å². The topological polar surface area (TPSA) is 64.6 Å². The highest BCUT2D eigenvalue weighted by molar-refractivity contribution is 5.93. The average molecular weight is 291 g/mol. The summed E-state index contributed by atoms with van der Waals surface area (Å²) in [5.74, 6) is -0.771. The maximum Gasteiger partial charge on any atom is 0.338 e.